The lowest BCUT2D eigenvalue weighted by Gasteiger charge is -2.26. The zero-order valence-electron chi connectivity index (χ0n) is 15.4. The topological polar surface area (TPSA) is 103 Å². The molecule has 2 aromatic heterocycles. The van der Waals surface area contributed by atoms with Gasteiger partial charge in [-0.05, 0) is 26.7 Å². The molecule has 0 fully saturated rings. The highest BCUT2D eigenvalue weighted by Gasteiger charge is 2.32. The molecule has 0 aliphatic carbocycles. The zero-order valence-corrected chi connectivity index (χ0v) is 16.2. The van der Waals surface area contributed by atoms with Crippen LogP contribution in [0, 0.1) is 5.92 Å². The lowest BCUT2D eigenvalue weighted by molar-refractivity contribution is -0.160. The van der Waals surface area contributed by atoms with Gasteiger partial charge in [0, 0.05) is 5.38 Å². The van der Waals surface area contributed by atoms with Gasteiger partial charge in [-0.15, -0.1) is 11.3 Å². The average Bonchev–Trinajstić information content (AvgIpc) is 3.06. The highest BCUT2D eigenvalue weighted by Crippen LogP contribution is 2.23. The Balaban J connectivity index is 2.38. The van der Waals surface area contributed by atoms with E-state index in [0.717, 1.165) is 15.9 Å². The summed E-state index contributed by atoms with van der Waals surface area (Å²) in [5.41, 5.74) is -0.761. The molecule has 2 aromatic rings. The fourth-order valence-electron chi connectivity index (χ4n) is 2.52. The number of aromatic nitrogens is 3. The Morgan fingerprint density at radius 2 is 2.08 bits per heavy atom. The molecule has 2 heterocycles. The Morgan fingerprint density at radius 3 is 2.58 bits per heavy atom. The van der Waals surface area contributed by atoms with Crippen molar-refractivity contribution in [3.8, 4) is 5.88 Å². The van der Waals surface area contributed by atoms with Crippen LogP contribution >= 0.6 is 11.3 Å². The first-order chi connectivity index (χ1) is 12.0. The minimum atomic E-state index is -0.866. The van der Waals surface area contributed by atoms with Crippen molar-refractivity contribution in [1.29, 1.82) is 0 Å². The molecular formula is C17H23N3O5S. The molecule has 2 rings (SSSR count). The number of aldehydes is 1. The van der Waals surface area contributed by atoms with Crippen molar-refractivity contribution >= 4 is 23.6 Å². The molecular weight excluding hydrogens is 358 g/mol. The predicted molar refractivity (Wildman–Crippen MR) is 96.7 cm³/mol. The van der Waals surface area contributed by atoms with Crippen molar-refractivity contribution in [3.05, 3.63) is 32.8 Å². The van der Waals surface area contributed by atoms with Gasteiger partial charge in [-0.2, -0.15) is 0 Å². The van der Waals surface area contributed by atoms with Gasteiger partial charge in [0.1, 0.15) is 11.6 Å². The lowest BCUT2D eigenvalue weighted by Crippen LogP contribution is -2.38. The third-order valence-corrected chi connectivity index (χ3v) is 4.37. The van der Waals surface area contributed by atoms with Gasteiger partial charge in [-0.3, -0.25) is 13.9 Å². The highest BCUT2D eigenvalue weighted by molar-refractivity contribution is 7.11. The van der Waals surface area contributed by atoms with E-state index >= 15 is 0 Å². The molecule has 1 N–H and O–H groups in total. The minimum Gasteiger partial charge on any atom is -0.493 e. The Morgan fingerprint density at radius 1 is 1.42 bits per heavy atom. The molecule has 0 aliphatic rings. The quantitative estimate of drug-likeness (QED) is 0.608. The van der Waals surface area contributed by atoms with Gasteiger partial charge < -0.3 is 9.84 Å². The molecule has 0 saturated heterocycles. The summed E-state index contributed by atoms with van der Waals surface area (Å²) in [5, 5.41) is 12.1. The normalized spacial score (nSPS) is 13.0. The number of ether oxygens (including phenoxy) is 1. The summed E-state index contributed by atoms with van der Waals surface area (Å²) >= 11 is 1.15. The minimum absolute atomic E-state index is 0.00113. The van der Waals surface area contributed by atoms with Gasteiger partial charge in [0.15, 0.2) is 11.3 Å². The summed E-state index contributed by atoms with van der Waals surface area (Å²) in [5.74, 6) is -1.05. The summed E-state index contributed by atoms with van der Waals surface area (Å²) < 4.78 is 7.70. The molecule has 0 aromatic carbocycles. The third-order valence-electron chi connectivity index (χ3n) is 3.55. The first kappa shape index (κ1) is 19.9. The van der Waals surface area contributed by atoms with E-state index in [1.54, 1.807) is 40.0 Å². The molecule has 9 heteroatoms. The summed E-state index contributed by atoms with van der Waals surface area (Å²) in [6.07, 6.45) is 1.85. The Kier molecular flexibility index (Phi) is 5.70. The van der Waals surface area contributed by atoms with Crippen molar-refractivity contribution in [2.75, 3.05) is 0 Å². The molecule has 142 valence electrons. The highest BCUT2D eigenvalue weighted by atomic mass is 32.1. The SMILES string of the molecule is CC(C)[C@@H](C(=O)OC(C)(C)C)n1cc(O)n(Cc2csc(C=O)n2)c1=O. The number of carbonyl (C=O) groups is 2. The second-order valence-electron chi connectivity index (χ2n) is 7.28. The van der Waals surface area contributed by atoms with Gasteiger partial charge in [0.25, 0.3) is 0 Å². The van der Waals surface area contributed by atoms with Crippen molar-refractivity contribution in [1.82, 2.24) is 14.1 Å². The van der Waals surface area contributed by atoms with Crippen LogP contribution in [0.15, 0.2) is 16.4 Å². The summed E-state index contributed by atoms with van der Waals surface area (Å²) in [6, 6.07) is -0.866. The van der Waals surface area contributed by atoms with Crippen molar-refractivity contribution in [2.24, 2.45) is 5.92 Å². The molecule has 0 saturated carbocycles. The van der Waals surface area contributed by atoms with E-state index < -0.39 is 23.3 Å². The number of nitrogens with zero attached hydrogens (tertiary/aromatic N) is 3. The number of hydrogen-bond donors (Lipinski definition) is 1. The smallest absolute Gasteiger partial charge is 0.332 e. The first-order valence-corrected chi connectivity index (χ1v) is 9.04. The van der Waals surface area contributed by atoms with E-state index in [0.29, 0.717) is 17.0 Å². The zero-order chi connectivity index (χ0) is 19.6. The Hall–Kier alpha value is -2.42. The average molecular weight is 381 g/mol. The summed E-state index contributed by atoms with van der Waals surface area (Å²) in [4.78, 5) is 40.1. The number of imidazole rings is 1. The molecule has 0 unspecified atom stereocenters. The maximum Gasteiger partial charge on any atom is 0.332 e. The van der Waals surface area contributed by atoms with Gasteiger partial charge >= 0.3 is 11.7 Å². The van der Waals surface area contributed by atoms with Gasteiger partial charge in [-0.25, -0.2) is 14.6 Å². The van der Waals surface area contributed by atoms with Crippen LogP contribution in [0.3, 0.4) is 0 Å². The van der Waals surface area contributed by atoms with Gasteiger partial charge in [-0.1, -0.05) is 13.8 Å². The van der Waals surface area contributed by atoms with Crippen LogP contribution in [0.25, 0.3) is 0 Å². The number of hydrogen-bond acceptors (Lipinski definition) is 7. The van der Waals surface area contributed by atoms with E-state index in [4.69, 9.17) is 4.74 Å². The van der Waals surface area contributed by atoms with Crippen molar-refractivity contribution in [2.45, 2.75) is 52.8 Å². The summed E-state index contributed by atoms with van der Waals surface area (Å²) in [7, 11) is 0. The van der Waals surface area contributed by atoms with E-state index in [1.165, 1.54) is 10.8 Å². The van der Waals surface area contributed by atoms with E-state index in [-0.39, 0.29) is 18.3 Å². The number of esters is 1. The number of aromatic hydroxyl groups is 1. The van der Waals surface area contributed by atoms with Crippen LogP contribution < -0.4 is 5.69 Å². The number of carbonyl (C=O) groups excluding carboxylic acids is 2. The molecule has 0 amide bonds. The second-order valence-corrected chi connectivity index (χ2v) is 8.17. The number of rotatable bonds is 6. The summed E-state index contributed by atoms with van der Waals surface area (Å²) in [6.45, 7) is 8.85. The molecule has 8 nitrogen and oxygen atoms in total. The van der Waals surface area contributed by atoms with Gasteiger partial charge in [0.2, 0.25) is 5.88 Å². The van der Waals surface area contributed by atoms with Gasteiger partial charge in [0.05, 0.1) is 18.4 Å². The predicted octanol–water partition coefficient (Wildman–Crippen LogP) is 2.21. The van der Waals surface area contributed by atoms with Crippen LogP contribution in [0.5, 0.6) is 5.88 Å². The standard InChI is InChI=1S/C17H23N3O5S/c1-10(2)14(15(23)25-17(3,4)5)20-7-13(22)19(16(20)24)6-11-9-26-12(8-21)18-11/h7-10,14,22H,6H2,1-5H3/t14-/m0/s1. The van der Waals surface area contributed by atoms with Crippen molar-refractivity contribution < 1.29 is 19.4 Å². The molecule has 0 radical (unpaired) electrons. The lowest BCUT2D eigenvalue weighted by atomic mass is 10.0. The third kappa shape index (κ3) is 4.40. The van der Waals surface area contributed by atoms with Crippen LogP contribution in [-0.2, 0) is 16.1 Å². The van der Waals surface area contributed by atoms with E-state index in [1.807, 2.05) is 0 Å². The second kappa shape index (κ2) is 7.45. The van der Waals surface area contributed by atoms with Crippen LogP contribution in [0.2, 0.25) is 0 Å². The van der Waals surface area contributed by atoms with Crippen LogP contribution in [-0.4, -0.2) is 37.1 Å². The Bertz CT molecular complexity index is 857. The van der Waals surface area contributed by atoms with Crippen molar-refractivity contribution in [3.63, 3.8) is 0 Å². The van der Waals surface area contributed by atoms with Crippen LogP contribution in [0.1, 0.15) is 56.2 Å². The fraction of sp³-hybridized carbons (Fsp3) is 0.529. The number of thiazole rings is 1. The maximum atomic E-state index is 12.8. The molecule has 26 heavy (non-hydrogen) atoms. The molecule has 0 bridgehead atoms. The Labute approximate surface area is 155 Å². The van der Waals surface area contributed by atoms with E-state index in [2.05, 4.69) is 4.98 Å². The molecule has 1 atom stereocenters. The van der Waals surface area contributed by atoms with Crippen LogP contribution in [0.4, 0.5) is 0 Å². The molecule has 0 aliphatic heterocycles. The first-order valence-electron chi connectivity index (χ1n) is 8.16. The fourth-order valence-corrected chi connectivity index (χ4v) is 3.12. The largest absolute Gasteiger partial charge is 0.493 e. The monoisotopic (exact) mass is 381 g/mol. The molecule has 0 spiro atoms. The maximum absolute atomic E-state index is 12.8. The van der Waals surface area contributed by atoms with E-state index in [9.17, 15) is 19.5 Å².